The van der Waals surface area contributed by atoms with Crippen LogP contribution in [-0.4, -0.2) is 34.9 Å². The monoisotopic (exact) mass is 357 g/mol. The third-order valence-corrected chi connectivity index (χ3v) is 5.01. The summed E-state index contributed by atoms with van der Waals surface area (Å²) in [4.78, 5) is 0.265. The van der Waals surface area contributed by atoms with Gasteiger partial charge >= 0.3 is 0 Å². The number of aryl methyl sites for hydroxylation is 1. The lowest BCUT2D eigenvalue weighted by atomic mass is 10.1. The molecule has 1 heterocycles. The minimum absolute atomic E-state index is 0.265. The predicted molar refractivity (Wildman–Crippen MR) is 95.4 cm³/mol. The molecule has 0 aliphatic carbocycles. The van der Waals surface area contributed by atoms with Crippen molar-refractivity contribution in [2.75, 3.05) is 11.6 Å². The molecule has 1 N–H and O–H groups in total. The molecule has 0 unspecified atom stereocenters. The highest BCUT2D eigenvalue weighted by Crippen LogP contribution is 2.17. The molecule has 0 saturated heterocycles. The number of hydrogen-bond acceptors (Lipinski definition) is 6. The van der Waals surface area contributed by atoms with Crippen molar-refractivity contribution in [2.24, 2.45) is 0 Å². The molecule has 0 aliphatic heterocycles. The van der Waals surface area contributed by atoms with Gasteiger partial charge in [-0.2, -0.15) is 4.68 Å². The van der Waals surface area contributed by atoms with Gasteiger partial charge in [-0.1, -0.05) is 25.1 Å². The maximum Gasteiger partial charge on any atom is 0.175 e. The fourth-order valence-electron chi connectivity index (χ4n) is 2.53. The van der Waals surface area contributed by atoms with Gasteiger partial charge in [0.25, 0.3) is 0 Å². The molecule has 7 nitrogen and oxygen atoms in total. The van der Waals surface area contributed by atoms with E-state index in [9.17, 15) is 8.42 Å². The van der Waals surface area contributed by atoms with Crippen molar-refractivity contribution >= 4 is 15.5 Å². The van der Waals surface area contributed by atoms with E-state index in [1.165, 1.54) is 11.8 Å². The van der Waals surface area contributed by atoms with Gasteiger partial charge in [-0.15, -0.1) is 5.10 Å². The molecule has 0 spiro atoms. The lowest BCUT2D eigenvalue weighted by Crippen LogP contribution is -2.10. The van der Waals surface area contributed by atoms with Crippen LogP contribution in [0.1, 0.15) is 18.3 Å². The number of rotatable bonds is 6. The maximum atomic E-state index is 11.6. The molecule has 130 valence electrons. The topological polar surface area (TPSA) is 89.8 Å². The zero-order valence-corrected chi connectivity index (χ0v) is 14.9. The van der Waals surface area contributed by atoms with E-state index < -0.39 is 9.84 Å². The van der Waals surface area contributed by atoms with E-state index in [2.05, 4.69) is 33.8 Å². The fraction of sp³-hybridized carbons (Fsp3) is 0.235. The Labute approximate surface area is 146 Å². The van der Waals surface area contributed by atoms with Crippen LogP contribution in [0.2, 0.25) is 0 Å². The summed E-state index contributed by atoms with van der Waals surface area (Å²) in [7, 11) is -3.23. The van der Waals surface area contributed by atoms with E-state index in [0.29, 0.717) is 18.1 Å². The Morgan fingerprint density at radius 2 is 1.80 bits per heavy atom. The van der Waals surface area contributed by atoms with Crippen molar-refractivity contribution in [1.82, 2.24) is 20.2 Å². The van der Waals surface area contributed by atoms with Gasteiger partial charge in [0.1, 0.15) is 0 Å². The van der Waals surface area contributed by atoms with Crippen LogP contribution < -0.4 is 5.32 Å². The highest BCUT2D eigenvalue weighted by atomic mass is 32.2. The number of nitrogens with one attached hydrogen (secondary N) is 1. The Hall–Kier alpha value is -2.74. The molecule has 0 radical (unpaired) electrons. The van der Waals surface area contributed by atoms with Crippen LogP contribution in [-0.2, 0) is 22.8 Å². The SMILES string of the molecule is CCc1ccccc1NCc1nnnn1-c1ccc(S(C)(=O)=O)cc1. The van der Waals surface area contributed by atoms with E-state index in [1.807, 2.05) is 18.2 Å². The summed E-state index contributed by atoms with van der Waals surface area (Å²) in [5.41, 5.74) is 2.98. The number of anilines is 1. The minimum atomic E-state index is -3.23. The van der Waals surface area contributed by atoms with Crippen molar-refractivity contribution < 1.29 is 8.42 Å². The second-order valence-electron chi connectivity index (χ2n) is 5.64. The smallest absolute Gasteiger partial charge is 0.175 e. The average molecular weight is 357 g/mol. The summed E-state index contributed by atoms with van der Waals surface area (Å²) in [6.45, 7) is 2.56. The molecule has 1 aromatic heterocycles. The van der Waals surface area contributed by atoms with E-state index in [-0.39, 0.29) is 4.90 Å². The maximum absolute atomic E-state index is 11.6. The van der Waals surface area contributed by atoms with Crippen LogP contribution >= 0.6 is 0 Å². The molecule has 0 amide bonds. The van der Waals surface area contributed by atoms with Gasteiger partial charge in [0.15, 0.2) is 15.7 Å². The number of hydrogen-bond donors (Lipinski definition) is 1. The van der Waals surface area contributed by atoms with E-state index in [4.69, 9.17) is 0 Å². The molecule has 0 atom stereocenters. The van der Waals surface area contributed by atoms with Gasteiger partial charge in [-0.05, 0) is 52.7 Å². The predicted octanol–water partition coefficient (Wildman–Crippen LogP) is 2.24. The first-order valence-electron chi connectivity index (χ1n) is 7.88. The summed E-state index contributed by atoms with van der Waals surface area (Å²) >= 11 is 0. The lowest BCUT2D eigenvalue weighted by molar-refractivity contribution is 0.602. The molecule has 0 bridgehead atoms. The molecular weight excluding hydrogens is 338 g/mol. The highest BCUT2D eigenvalue weighted by molar-refractivity contribution is 7.90. The number of aromatic nitrogens is 4. The van der Waals surface area contributed by atoms with E-state index >= 15 is 0 Å². The summed E-state index contributed by atoms with van der Waals surface area (Å²) in [5.74, 6) is 0.637. The van der Waals surface area contributed by atoms with E-state index in [0.717, 1.165) is 12.1 Å². The normalized spacial score (nSPS) is 11.4. The number of sulfone groups is 1. The molecule has 25 heavy (non-hydrogen) atoms. The van der Waals surface area contributed by atoms with Gasteiger partial charge in [0.05, 0.1) is 17.1 Å². The molecule has 0 saturated carbocycles. The quantitative estimate of drug-likeness (QED) is 0.728. The first-order chi connectivity index (χ1) is 12.0. The average Bonchev–Trinajstić information content (AvgIpc) is 3.08. The number of nitrogens with zero attached hydrogens (tertiary/aromatic N) is 4. The molecule has 8 heteroatoms. The van der Waals surface area contributed by atoms with Crippen molar-refractivity contribution in [1.29, 1.82) is 0 Å². The number of para-hydroxylation sites is 1. The van der Waals surface area contributed by atoms with Crippen molar-refractivity contribution in [3.63, 3.8) is 0 Å². The summed E-state index contributed by atoms with van der Waals surface area (Å²) in [6, 6.07) is 14.6. The largest absolute Gasteiger partial charge is 0.377 e. The van der Waals surface area contributed by atoms with Crippen molar-refractivity contribution in [3.8, 4) is 5.69 Å². The highest BCUT2D eigenvalue weighted by Gasteiger charge is 2.11. The Morgan fingerprint density at radius 1 is 1.08 bits per heavy atom. The van der Waals surface area contributed by atoms with E-state index in [1.54, 1.807) is 28.9 Å². The van der Waals surface area contributed by atoms with Crippen LogP contribution in [0.3, 0.4) is 0 Å². The first-order valence-corrected chi connectivity index (χ1v) is 9.77. The molecular formula is C17H19N5O2S. The standard InChI is InChI=1S/C17H19N5O2S/c1-3-13-6-4-5-7-16(13)18-12-17-19-20-21-22(17)14-8-10-15(11-9-14)25(2,23)24/h4-11,18H,3,12H2,1-2H3. The molecule has 0 aliphatic rings. The van der Waals surface area contributed by atoms with Gasteiger partial charge in [0.2, 0.25) is 0 Å². The summed E-state index contributed by atoms with van der Waals surface area (Å²) in [6.07, 6.45) is 2.11. The fourth-order valence-corrected chi connectivity index (χ4v) is 3.16. The van der Waals surface area contributed by atoms with Crippen LogP contribution in [0.15, 0.2) is 53.4 Å². The summed E-state index contributed by atoms with van der Waals surface area (Å²) < 4.78 is 24.7. The Bertz CT molecular complexity index is 965. The minimum Gasteiger partial charge on any atom is -0.377 e. The Balaban J connectivity index is 1.81. The first kappa shape index (κ1) is 17.1. The third kappa shape index (κ3) is 3.85. The van der Waals surface area contributed by atoms with Gasteiger partial charge in [-0.25, -0.2) is 8.42 Å². The number of benzene rings is 2. The van der Waals surface area contributed by atoms with Crippen molar-refractivity contribution in [3.05, 3.63) is 59.9 Å². The van der Waals surface area contributed by atoms with Gasteiger partial charge in [0, 0.05) is 11.9 Å². The van der Waals surface area contributed by atoms with Gasteiger partial charge in [-0.3, -0.25) is 0 Å². The van der Waals surface area contributed by atoms with Crippen LogP contribution in [0, 0.1) is 0 Å². The Kier molecular flexibility index (Phi) is 4.80. The zero-order chi connectivity index (χ0) is 17.9. The van der Waals surface area contributed by atoms with Crippen molar-refractivity contribution in [2.45, 2.75) is 24.8 Å². The second kappa shape index (κ2) is 7.02. The van der Waals surface area contributed by atoms with Crippen LogP contribution in [0.4, 0.5) is 5.69 Å². The second-order valence-corrected chi connectivity index (χ2v) is 7.65. The lowest BCUT2D eigenvalue weighted by Gasteiger charge is -2.11. The van der Waals surface area contributed by atoms with Gasteiger partial charge < -0.3 is 5.32 Å². The summed E-state index contributed by atoms with van der Waals surface area (Å²) in [5, 5.41) is 15.1. The molecule has 3 rings (SSSR count). The third-order valence-electron chi connectivity index (χ3n) is 3.88. The molecule has 3 aromatic rings. The zero-order valence-electron chi connectivity index (χ0n) is 14.0. The Morgan fingerprint density at radius 3 is 2.48 bits per heavy atom. The number of tetrazole rings is 1. The van der Waals surface area contributed by atoms with Crippen LogP contribution in [0.5, 0.6) is 0 Å². The molecule has 2 aromatic carbocycles. The van der Waals surface area contributed by atoms with Crippen LogP contribution in [0.25, 0.3) is 5.69 Å². The molecule has 0 fully saturated rings.